The zero-order valence-electron chi connectivity index (χ0n) is 20.5. The molecular weight excluding hydrogens is 441 g/mol. The van der Waals surface area contributed by atoms with E-state index in [2.05, 4.69) is 47.1 Å². The van der Waals surface area contributed by atoms with Gasteiger partial charge in [-0.05, 0) is 68.1 Å². The lowest BCUT2D eigenvalue weighted by Crippen LogP contribution is -2.52. The third kappa shape index (κ3) is 4.99. The van der Waals surface area contributed by atoms with E-state index in [-0.39, 0.29) is 17.6 Å². The Balaban J connectivity index is 1.20. The minimum absolute atomic E-state index is 0.0509. The molecule has 5 rings (SSSR count). The quantitative estimate of drug-likeness (QED) is 0.560. The highest BCUT2D eigenvalue weighted by Crippen LogP contribution is 2.26. The van der Waals surface area contributed by atoms with Crippen molar-refractivity contribution in [2.24, 2.45) is 5.92 Å². The van der Waals surface area contributed by atoms with Crippen molar-refractivity contribution in [2.75, 3.05) is 49.1 Å². The maximum atomic E-state index is 14.1. The van der Waals surface area contributed by atoms with E-state index < -0.39 is 0 Å². The van der Waals surface area contributed by atoms with E-state index in [1.807, 2.05) is 28.0 Å². The molecule has 2 aromatic carbocycles. The number of nitrogens with zero attached hydrogens (tertiary/aromatic N) is 5. The number of anilines is 2. The summed E-state index contributed by atoms with van der Waals surface area (Å²) in [5, 5.41) is 8.97. The highest BCUT2D eigenvalue weighted by atomic mass is 19.1. The van der Waals surface area contributed by atoms with Crippen molar-refractivity contribution in [1.29, 1.82) is 0 Å². The van der Waals surface area contributed by atoms with Gasteiger partial charge in [-0.2, -0.15) is 0 Å². The number of carbonyl (C=O) groups is 1. The number of carbonyl (C=O) groups excluding carboxylic acids is 1. The molecule has 3 heterocycles. The maximum Gasteiger partial charge on any atom is 0.227 e. The molecule has 0 spiro atoms. The van der Waals surface area contributed by atoms with Crippen LogP contribution in [0.3, 0.4) is 0 Å². The van der Waals surface area contributed by atoms with E-state index >= 15 is 0 Å². The summed E-state index contributed by atoms with van der Waals surface area (Å²) in [6.45, 7) is 8.27. The van der Waals surface area contributed by atoms with Crippen LogP contribution >= 0.6 is 0 Å². The molecule has 2 aliphatic heterocycles. The lowest BCUT2D eigenvalue weighted by atomic mass is 9.96. The normalized spacial score (nSPS) is 18.6. The number of piperazine rings is 1. The zero-order chi connectivity index (χ0) is 24.4. The first kappa shape index (κ1) is 23.3. The molecule has 0 bridgehead atoms. The third-order valence-electron chi connectivity index (χ3n) is 7.33. The van der Waals surface area contributed by atoms with Gasteiger partial charge < -0.3 is 14.7 Å². The molecular formula is C28H32FN5O. The second-order valence-corrected chi connectivity index (χ2v) is 9.62. The van der Waals surface area contributed by atoms with Gasteiger partial charge >= 0.3 is 0 Å². The van der Waals surface area contributed by atoms with Gasteiger partial charge in [-0.1, -0.05) is 24.3 Å². The second-order valence-electron chi connectivity index (χ2n) is 9.62. The number of piperidine rings is 1. The van der Waals surface area contributed by atoms with E-state index in [4.69, 9.17) is 0 Å². The van der Waals surface area contributed by atoms with Crippen molar-refractivity contribution in [3.63, 3.8) is 0 Å². The van der Waals surface area contributed by atoms with E-state index in [0.29, 0.717) is 38.4 Å². The van der Waals surface area contributed by atoms with Crippen molar-refractivity contribution in [3.8, 4) is 11.3 Å². The highest BCUT2D eigenvalue weighted by Gasteiger charge is 2.32. The molecule has 7 heteroatoms. The molecule has 3 aromatic rings. The summed E-state index contributed by atoms with van der Waals surface area (Å²) in [5.41, 5.74) is 5.03. The Morgan fingerprint density at radius 1 is 0.886 bits per heavy atom. The number of para-hydroxylation sites is 1. The molecule has 0 unspecified atom stereocenters. The number of halogens is 1. The Morgan fingerprint density at radius 3 is 2.40 bits per heavy atom. The predicted molar refractivity (Wildman–Crippen MR) is 137 cm³/mol. The van der Waals surface area contributed by atoms with E-state index in [9.17, 15) is 9.18 Å². The Hall–Kier alpha value is -3.48. The van der Waals surface area contributed by atoms with Crippen LogP contribution in [0.1, 0.15) is 24.0 Å². The predicted octanol–water partition coefficient (Wildman–Crippen LogP) is 4.46. The zero-order valence-corrected chi connectivity index (χ0v) is 20.5. The summed E-state index contributed by atoms with van der Waals surface area (Å²) in [4.78, 5) is 19.5. The third-order valence-corrected chi connectivity index (χ3v) is 7.33. The Morgan fingerprint density at radius 2 is 1.69 bits per heavy atom. The first-order valence-corrected chi connectivity index (χ1v) is 12.4. The van der Waals surface area contributed by atoms with Gasteiger partial charge in [0.05, 0.1) is 17.3 Å². The minimum Gasteiger partial charge on any atom is -0.366 e. The maximum absolute atomic E-state index is 14.1. The molecule has 1 amide bonds. The van der Waals surface area contributed by atoms with E-state index in [1.165, 1.54) is 17.2 Å². The van der Waals surface area contributed by atoms with Crippen LogP contribution in [-0.4, -0.2) is 60.3 Å². The number of aromatic nitrogens is 2. The molecule has 2 saturated heterocycles. The van der Waals surface area contributed by atoms with Crippen molar-refractivity contribution in [3.05, 3.63) is 71.5 Å². The van der Waals surface area contributed by atoms with Crippen molar-refractivity contribution >= 4 is 17.4 Å². The molecule has 0 N–H and O–H groups in total. The highest BCUT2D eigenvalue weighted by molar-refractivity contribution is 5.80. The lowest BCUT2D eigenvalue weighted by molar-refractivity contribution is -0.136. The fraction of sp³-hybridized carbons (Fsp3) is 0.393. The Labute approximate surface area is 206 Å². The number of amides is 1. The molecule has 0 saturated carbocycles. The van der Waals surface area contributed by atoms with Gasteiger partial charge in [0, 0.05) is 44.8 Å². The van der Waals surface area contributed by atoms with E-state index in [0.717, 1.165) is 36.5 Å². The molecule has 0 aliphatic carbocycles. The number of hydrogen-bond acceptors (Lipinski definition) is 5. The van der Waals surface area contributed by atoms with Gasteiger partial charge in [-0.15, -0.1) is 10.2 Å². The largest absolute Gasteiger partial charge is 0.366 e. The first-order chi connectivity index (χ1) is 17.0. The van der Waals surface area contributed by atoms with Crippen LogP contribution in [0.2, 0.25) is 0 Å². The molecule has 6 nitrogen and oxygen atoms in total. The topological polar surface area (TPSA) is 52.6 Å². The van der Waals surface area contributed by atoms with E-state index in [1.54, 1.807) is 12.1 Å². The molecule has 0 radical (unpaired) electrons. The number of rotatable bonds is 4. The summed E-state index contributed by atoms with van der Waals surface area (Å²) >= 11 is 0. The Bertz CT molecular complexity index is 1190. The number of hydrogen-bond donors (Lipinski definition) is 0. The van der Waals surface area contributed by atoms with Crippen LogP contribution in [0.25, 0.3) is 11.3 Å². The SMILES string of the molecule is Cc1ccc(-c2ccc(N3CCC[C@H](C(=O)N4CCN(c5ccccc5F)CC4)C3)nn2)cc1C. The first-order valence-electron chi connectivity index (χ1n) is 12.4. The van der Waals surface area contributed by atoms with Crippen LogP contribution in [0.4, 0.5) is 15.9 Å². The van der Waals surface area contributed by atoms with Gasteiger partial charge in [-0.25, -0.2) is 4.39 Å². The monoisotopic (exact) mass is 473 g/mol. The summed E-state index contributed by atoms with van der Waals surface area (Å²) in [6.07, 6.45) is 1.84. The average molecular weight is 474 g/mol. The van der Waals surface area contributed by atoms with Gasteiger partial charge in [0.2, 0.25) is 5.91 Å². The van der Waals surface area contributed by atoms with Crippen molar-refractivity contribution in [2.45, 2.75) is 26.7 Å². The standard InChI is InChI=1S/C28H32FN5O/c1-20-9-10-22(18-21(20)2)25-11-12-27(31-30-25)34-13-5-6-23(19-34)28(35)33-16-14-32(15-17-33)26-8-4-3-7-24(26)29/h3-4,7-12,18,23H,5-6,13-17,19H2,1-2H3/t23-/m0/s1. The number of aryl methyl sites for hydroxylation is 2. The molecule has 1 atom stereocenters. The fourth-order valence-electron chi connectivity index (χ4n) is 5.07. The summed E-state index contributed by atoms with van der Waals surface area (Å²) in [7, 11) is 0. The van der Waals surface area contributed by atoms with Gasteiger partial charge in [0.1, 0.15) is 5.82 Å². The van der Waals surface area contributed by atoms with Gasteiger partial charge in [0.15, 0.2) is 5.82 Å². The van der Waals surface area contributed by atoms with Crippen LogP contribution < -0.4 is 9.80 Å². The van der Waals surface area contributed by atoms with Gasteiger partial charge in [-0.3, -0.25) is 4.79 Å². The summed E-state index contributed by atoms with van der Waals surface area (Å²) in [5.74, 6) is 0.756. The van der Waals surface area contributed by atoms with Crippen LogP contribution in [-0.2, 0) is 4.79 Å². The molecule has 35 heavy (non-hydrogen) atoms. The Kier molecular flexibility index (Phi) is 6.66. The molecule has 2 aliphatic rings. The molecule has 2 fully saturated rings. The van der Waals surface area contributed by atoms with Crippen molar-refractivity contribution in [1.82, 2.24) is 15.1 Å². The second kappa shape index (κ2) is 10.0. The van der Waals surface area contributed by atoms with Crippen LogP contribution in [0, 0.1) is 25.6 Å². The smallest absolute Gasteiger partial charge is 0.227 e. The summed E-state index contributed by atoms with van der Waals surface area (Å²) < 4.78 is 14.1. The van der Waals surface area contributed by atoms with Crippen LogP contribution in [0.15, 0.2) is 54.6 Å². The van der Waals surface area contributed by atoms with Crippen molar-refractivity contribution < 1.29 is 9.18 Å². The van der Waals surface area contributed by atoms with Gasteiger partial charge in [0.25, 0.3) is 0 Å². The molecule has 1 aromatic heterocycles. The average Bonchev–Trinajstić information content (AvgIpc) is 2.90. The summed E-state index contributed by atoms with van der Waals surface area (Å²) in [6, 6.07) is 17.2. The lowest BCUT2D eigenvalue weighted by Gasteiger charge is -2.40. The number of benzene rings is 2. The fourth-order valence-corrected chi connectivity index (χ4v) is 5.07. The van der Waals surface area contributed by atoms with Crippen LogP contribution in [0.5, 0.6) is 0 Å². The minimum atomic E-state index is -0.208. The molecule has 182 valence electrons.